The van der Waals surface area contributed by atoms with Crippen LogP contribution in [-0.2, 0) is 0 Å². The molecule has 2 aromatic carbocycles. The SMILES string of the molecule is O=C(c1ccccc1)N(C(=O)c1ccccc1)C1CCCCC1. The van der Waals surface area contributed by atoms with E-state index in [1.54, 1.807) is 24.3 Å². The third-order valence-corrected chi connectivity index (χ3v) is 4.42. The normalized spacial score (nSPS) is 15.1. The van der Waals surface area contributed by atoms with Gasteiger partial charge in [0.05, 0.1) is 0 Å². The Labute approximate surface area is 136 Å². The van der Waals surface area contributed by atoms with Crippen LogP contribution in [0.3, 0.4) is 0 Å². The van der Waals surface area contributed by atoms with Crippen LogP contribution in [0.2, 0.25) is 0 Å². The molecule has 1 fully saturated rings. The lowest BCUT2D eigenvalue weighted by Gasteiger charge is -2.33. The first-order valence-corrected chi connectivity index (χ1v) is 8.25. The average molecular weight is 307 g/mol. The van der Waals surface area contributed by atoms with Gasteiger partial charge in [0.25, 0.3) is 11.8 Å². The minimum absolute atomic E-state index is 0.00385. The van der Waals surface area contributed by atoms with Gasteiger partial charge in [-0.1, -0.05) is 55.7 Å². The first-order chi connectivity index (χ1) is 11.3. The predicted octanol–water partition coefficient (Wildman–Crippen LogP) is 4.30. The second kappa shape index (κ2) is 7.23. The molecule has 1 saturated carbocycles. The standard InChI is InChI=1S/C20H21NO2/c22-19(16-10-4-1-5-11-16)21(18-14-8-3-9-15-18)20(23)17-12-6-2-7-13-17/h1-2,4-7,10-13,18H,3,8-9,14-15H2. The topological polar surface area (TPSA) is 37.4 Å². The van der Waals surface area contributed by atoms with Crippen LogP contribution in [0.15, 0.2) is 60.7 Å². The maximum absolute atomic E-state index is 13.0. The van der Waals surface area contributed by atoms with E-state index in [2.05, 4.69) is 0 Å². The molecule has 1 aliphatic rings. The van der Waals surface area contributed by atoms with Gasteiger partial charge in [0.1, 0.15) is 0 Å². The molecule has 3 nitrogen and oxygen atoms in total. The van der Waals surface area contributed by atoms with Crippen molar-refractivity contribution in [3.63, 3.8) is 0 Å². The number of rotatable bonds is 3. The summed E-state index contributed by atoms with van der Waals surface area (Å²) in [4.78, 5) is 27.4. The molecule has 0 radical (unpaired) electrons. The zero-order valence-corrected chi connectivity index (χ0v) is 13.2. The number of hydrogen-bond acceptors (Lipinski definition) is 2. The molecule has 0 bridgehead atoms. The molecule has 0 atom stereocenters. The summed E-state index contributed by atoms with van der Waals surface area (Å²) in [5.41, 5.74) is 1.14. The molecule has 3 heteroatoms. The quantitative estimate of drug-likeness (QED) is 0.793. The molecule has 0 N–H and O–H groups in total. The lowest BCUT2D eigenvalue weighted by molar-refractivity contribution is 0.0509. The van der Waals surface area contributed by atoms with Crippen molar-refractivity contribution in [2.45, 2.75) is 38.1 Å². The Morgan fingerprint density at radius 1 is 0.696 bits per heavy atom. The summed E-state index contributed by atoms with van der Waals surface area (Å²) in [6, 6.07) is 18.2. The minimum atomic E-state index is -0.189. The van der Waals surface area contributed by atoms with Gasteiger partial charge in [-0.2, -0.15) is 0 Å². The molecule has 23 heavy (non-hydrogen) atoms. The molecule has 0 aromatic heterocycles. The number of carbonyl (C=O) groups is 2. The van der Waals surface area contributed by atoms with Gasteiger partial charge in [-0.25, -0.2) is 0 Å². The van der Waals surface area contributed by atoms with Crippen molar-refractivity contribution in [2.75, 3.05) is 0 Å². The molecule has 0 aliphatic heterocycles. The maximum atomic E-state index is 13.0. The Kier molecular flexibility index (Phi) is 4.86. The Balaban J connectivity index is 1.93. The number of hydrogen-bond donors (Lipinski definition) is 0. The molecular weight excluding hydrogens is 286 g/mol. The lowest BCUT2D eigenvalue weighted by Crippen LogP contribution is -2.45. The average Bonchev–Trinajstić information content (AvgIpc) is 2.64. The van der Waals surface area contributed by atoms with E-state index in [-0.39, 0.29) is 17.9 Å². The van der Waals surface area contributed by atoms with Gasteiger partial charge in [-0.3, -0.25) is 14.5 Å². The minimum Gasteiger partial charge on any atom is -0.271 e. The summed E-state index contributed by atoms with van der Waals surface area (Å²) in [5.74, 6) is -0.377. The summed E-state index contributed by atoms with van der Waals surface area (Å²) in [7, 11) is 0. The van der Waals surface area contributed by atoms with Crippen molar-refractivity contribution < 1.29 is 9.59 Å². The highest BCUT2D eigenvalue weighted by molar-refractivity contribution is 6.10. The van der Waals surface area contributed by atoms with Crippen molar-refractivity contribution in [3.05, 3.63) is 71.8 Å². The molecule has 3 rings (SSSR count). The third-order valence-electron chi connectivity index (χ3n) is 4.42. The van der Waals surface area contributed by atoms with Gasteiger partial charge < -0.3 is 0 Å². The van der Waals surface area contributed by atoms with Crippen molar-refractivity contribution in [3.8, 4) is 0 Å². The molecule has 0 saturated heterocycles. The molecule has 2 amide bonds. The fourth-order valence-corrected chi connectivity index (χ4v) is 3.20. The van der Waals surface area contributed by atoms with E-state index in [0.29, 0.717) is 11.1 Å². The van der Waals surface area contributed by atoms with Crippen LogP contribution in [-0.4, -0.2) is 22.8 Å². The summed E-state index contributed by atoms with van der Waals surface area (Å²) < 4.78 is 0. The number of nitrogens with zero attached hydrogens (tertiary/aromatic N) is 1. The Bertz CT molecular complexity index is 609. The van der Waals surface area contributed by atoms with Crippen molar-refractivity contribution in [1.29, 1.82) is 0 Å². The lowest BCUT2D eigenvalue weighted by atomic mass is 9.93. The molecule has 118 valence electrons. The zero-order chi connectivity index (χ0) is 16.1. The van der Waals surface area contributed by atoms with Crippen LogP contribution in [0, 0.1) is 0 Å². The van der Waals surface area contributed by atoms with Crippen LogP contribution in [0.5, 0.6) is 0 Å². The van der Waals surface area contributed by atoms with E-state index >= 15 is 0 Å². The summed E-state index contributed by atoms with van der Waals surface area (Å²) in [6.07, 6.45) is 5.13. The van der Waals surface area contributed by atoms with Gasteiger partial charge in [0.15, 0.2) is 0 Å². The van der Waals surface area contributed by atoms with Crippen molar-refractivity contribution in [1.82, 2.24) is 4.90 Å². The van der Waals surface area contributed by atoms with Crippen LogP contribution in [0.1, 0.15) is 52.8 Å². The molecular formula is C20H21NO2. The van der Waals surface area contributed by atoms with Crippen molar-refractivity contribution in [2.24, 2.45) is 0 Å². The predicted molar refractivity (Wildman–Crippen MR) is 90.3 cm³/mol. The Morgan fingerprint density at radius 3 is 1.57 bits per heavy atom. The largest absolute Gasteiger partial charge is 0.271 e. The first kappa shape index (κ1) is 15.5. The molecule has 2 aromatic rings. The summed E-state index contributed by atoms with van der Waals surface area (Å²) in [5, 5.41) is 0. The van der Waals surface area contributed by atoms with Crippen LogP contribution < -0.4 is 0 Å². The second-order valence-corrected chi connectivity index (χ2v) is 6.00. The van der Waals surface area contributed by atoms with E-state index in [1.807, 2.05) is 36.4 Å². The number of carbonyl (C=O) groups excluding carboxylic acids is 2. The van der Waals surface area contributed by atoms with Crippen LogP contribution in [0.4, 0.5) is 0 Å². The number of imide groups is 1. The molecule has 0 spiro atoms. The maximum Gasteiger partial charge on any atom is 0.260 e. The fourth-order valence-electron chi connectivity index (χ4n) is 3.20. The first-order valence-electron chi connectivity index (χ1n) is 8.25. The van der Waals surface area contributed by atoms with E-state index in [4.69, 9.17) is 0 Å². The molecule has 0 unspecified atom stereocenters. The van der Waals surface area contributed by atoms with Gasteiger partial charge >= 0.3 is 0 Å². The Hall–Kier alpha value is -2.42. The molecule has 1 aliphatic carbocycles. The monoisotopic (exact) mass is 307 g/mol. The van der Waals surface area contributed by atoms with Gasteiger partial charge in [0.2, 0.25) is 0 Å². The van der Waals surface area contributed by atoms with Crippen molar-refractivity contribution >= 4 is 11.8 Å². The third kappa shape index (κ3) is 3.50. The van der Waals surface area contributed by atoms with Gasteiger partial charge in [0, 0.05) is 17.2 Å². The highest BCUT2D eigenvalue weighted by Crippen LogP contribution is 2.25. The summed E-state index contributed by atoms with van der Waals surface area (Å²) in [6.45, 7) is 0. The fraction of sp³-hybridized carbons (Fsp3) is 0.300. The zero-order valence-electron chi connectivity index (χ0n) is 13.2. The number of benzene rings is 2. The highest BCUT2D eigenvalue weighted by atomic mass is 16.2. The van der Waals surface area contributed by atoms with E-state index in [9.17, 15) is 9.59 Å². The van der Waals surface area contributed by atoms with E-state index < -0.39 is 0 Å². The second-order valence-electron chi connectivity index (χ2n) is 6.00. The number of amides is 2. The van der Waals surface area contributed by atoms with Crippen LogP contribution >= 0.6 is 0 Å². The summed E-state index contributed by atoms with van der Waals surface area (Å²) >= 11 is 0. The van der Waals surface area contributed by atoms with Crippen LogP contribution in [0.25, 0.3) is 0 Å². The van der Waals surface area contributed by atoms with Gasteiger partial charge in [-0.15, -0.1) is 0 Å². The van der Waals surface area contributed by atoms with E-state index in [0.717, 1.165) is 25.7 Å². The van der Waals surface area contributed by atoms with Gasteiger partial charge in [-0.05, 0) is 37.1 Å². The smallest absolute Gasteiger partial charge is 0.260 e. The molecule has 0 heterocycles. The Morgan fingerprint density at radius 2 is 1.13 bits per heavy atom. The highest BCUT2D eigenvalue weighted by Gasteiger charge is 2.32. The van der Waals surface area contributed by atoms with E-state index in [1.165, 1.54) is 11.3 Å².